The second-order valence-corrected chi connectivity index (χ2v) is 5.89. The van der Waals surface area contributed by atoms with E-state index < -0.39 is 5.92 Å². The van der Waals surface area contributed by atoms with Crippen molar-refractivity contribution >= 4 is 17.4 Å². The van der Waals surface area contributed by atoms with E-state index in [9.17, 15) is 4.79 Å². The summed E-state index contributed by atoms with van der Waals surface area (Å²) < 4.78 is 0. The first-order valence-electron chi connectivity index (χ1n) is 7.96. The maximum Gasteiger partial charge on any atom is 0.229 e. The van der Waals surface area contributed by atoms with Gasteiger partial charge in [0.1, 0.15) is 5.84 Å². The fourth-order valence-electron chi connectivity index (χ4n) is 3.13. The van der Waals surface area contributed by atoms with Crippen LogP contribution in [0.2, 0.25) is 0 Å². The van der Waals surface area contributed by atoms with Crippen LogP contribution in [0.25, 0.3) is 0 Å². The van der Waals surface area contributed by atoms with Gasteiger partial charge in [0.15, 0.2) is 0 Å². The Morgan fingerprint density at radius 3 is 2.26 bits per heavy atom. The van der Waals surface area contributed by atoms with Crippen LogP contribution in [-0.4, -0.2) is 18.3 Å². The summed E-state index contributed by atoms with van der Waals surface area (Å²) in [6.45, 7) is 0.885. The molecule has 0 spiro atoms. The van der Waals surface area contributed by atoms with E-state index in [1.54, 1.807) is 0 Å². The Morgan fingerprint density at radius 2 is 1.65 bits per heavy atom. The van der Waals surface area contributed by atoms with Gasteiger partial charge in [-0.1, -0.05) is 42.5 Å². The molecule has 1 fully saturated rings. The minimum Gasteiger partial charge on any atom is -0.369 e. The Kier molecular flexibility index (Phi) is 4.42. The topological polar surface area (TPSA) is 70.2 Å². The van der Waals surface area contributed by atoms with Crippen molar-refractivity contribution in [1.29, 1.82) is 5.41 Å². The summed E-state index contributed by atoms with van der Waals surface area (Å²) in [5.74, 6) is -0.126. The monoisotopic (exact) mass is 307 g/mol. The van der Waals surface area contributed by atoms with Crippen molar-refractivity contribution < 1.29 is 4.79 Å². The third-order valence-electron chi connectivity index (χ3n) is 4.33. The lowest BCUT2D eigenvalue weighted by Crippen LogP contribution is -2.34. The number of anilines is 1. The fourth-order valence-corrected chi connectivity index (χ4v) is 3.13. The Hall–Kier alpha value is -2.62. The van der Waals surface area contributed by atoms with Crippen LogP contribution in [0.5, 0.6) is 0 Å². The molecule has 2 aromatic rings. The zero-order chi connectivity index (χ0) is 16.2. The predicted molar refractivity (Wildman–Crippen MR) is 92.8 cm³/mol. The fraction of sp³-hybridized carbons (Fsp3) is 0.263. The lowest BCUT2D eigenvalue weighted by atomic mass is 9.90. The minimum absolute atomic E-state index is 0.352. The smallest absolute Gasteiger partial charge is 0.229 e. The Bertz CT molecular complexity index is 694. The van der Waals surface area contributed by atoms with Crippen molar-refractivity contribution in [2.45, 2.75) is 25.2 Å². The van der Waals surface area contributed by atoms with Crippen LogP contribution in [0.15, 0.2) is 54.6 Å². The Morgan fingerprint density at radius 1 is 1.00 bits per heavy atom. The first kappa shape index (κ1) is 15.3. The highest BCUT2D eigenvalue weighted by Gasteiger charge is 2.21. The summed E-state index contributed by atoms with van der Waals surface area (Å²) in [5, 5.41) is 8.08. The van der Waals surface area contributed by atoms with Gasteiger partial charge in [0.2, 0.25) is 5.91 Å². The molecule has 1 aliphatic heterocycles. The van der Waals surface area contributed by atoms with E-state index in [1.165, 1.54) is 0 Å². The number of rotatable bonds is 4. The molecule has 3 rings (SSSR count). The number of carbonyl (C=O) groups is 1. The Balaban J connectivity index is 1.88. The van der Waals surface area contributed by atoms with Gasteiger partial charge in [0.05, 0.1) is 5.92 Å². The van der Waals surface area contributed by atoms with E-state index in [4.69, 9.17) is 11.1 Å². The SMILES string of the molecule is N=C1CCCCN1c1ccc(C(C(N)=O)c2ccccc2)cc1. The van der Waals surface area contributed by atoms with Crippen LogP contribution >= 0.6 is 0 Å². The molecule has 0 radical (unpaired) electrons. The third kappa shape index (κ3) is 3.26. The molecular formula is C19H21N3O. The predicted octanol–water partition coefficient (Wildman–Crippen LogP) is 3.27. The van der Waals surface area contributed by atoms with Crippen molar-refractivity contribution in [2.24, 2.45) is 5.73 Å². The number of nitrogens with two attached hydrogens (primary N) is 1. The molecule has 0 aromatic heterocycles. The third-order valence-corrected chi connectivity index (χ3v) is 4.33. The largest absolute Gasteiger partial charge is 0.369 e. The molecule has 1 atom stereocenters. The van der Waals surface area contributed by atoms with Gasteiger partial charge in [-0.3, -0.25) is 10.2 Å². The molecule has 0 aliphatic carbocycles. The lowest BCUT2D eigenvalue weighted by Gasteiger charge is -2.29. The second kappa shape index (κ2) is 6.65. The molecular weight excluding hydrogens is 286 g/mol. The summed E-state index contributed by atoms with van der Waals surface area (Å²) in [6.07, 6.45) is 3.03. The average Bonchev–Trinajstić information content (AvgIpc) is 2.57. The van der Waals surface area contributed by atoms with Gasteiger partial charge < -0.3 is 10.6 Å². The Labute approximate surface area is 136 Å². The number of primary amides is 1. The van der Waals surface area contributed by atoms with E-state index in [1.807, 2.05) is 59.5 Å². The van der Waals surface area contributed by atoms with Crippen LogP contribution in [0.3, 0.4) is 0 Å². The molecule has 118 valence electrons. The zero-order valence-electron chi connectivity index (χ0n) is 13.0. The molecule has 4 heteroatoms. The molecule has 1 heterocycles. The van der Waals surface area contributed by atoms with Crippen molar-refractivity contribution in [3.63, 3.8) is 0 Å². The van der Waals surface area contributed by atoms with E-state index in [-0.39, 0.29) is 5.91 Å². The lowest BCUT2D eigenvalue weighted by molar-refractivity contribution is -0.118. The summed E-state index contributed by atoms with van der Waals surface area (Å²) in [7, 11) is 0. The summed E-state index contributed by atoms with van der Waals surface area (Å²) in [6, 6.07) is 17.4. The molecule has 1 aliphatic rings. The molecule has 3 N–H and O–H groups in total. The average molecular weight is 307 g/mol. The standard InChI is InChI=1S/C19H21N3O/c20-17-8-4-5-13-22(17)16-11-9-15(10-12-16)18(19(21)23)14-6-2-1-3-7-14/h1-3,6-7,9-12,18,20H,4-5,8,13H2,(H2,21,23). The van der Waals surface area contributed by atoms with E-state index in [0.29, 0.717) is 5.84 Å². The number of amides is 1. The van der Waals surface area contributed by atoms with Crippen LogP contribution in [0.4, 0.5) is 5.69 Å². The van der Waals surface area contributed by atoms with Crippen molar-refractivity contribution in [3.8, 4) is 0 Å². The van der Waals surface area contributed by atoms with Gasteiger partial charge in [-0.25, -0.2) is 0 Å². The van der Waals surface area contributed by atoms with Crippen molar-refractivity contribution in [3.05, 3.63) is 65.7 Å². The normalized spacial score (nSPS) is 16.2. The molecule has 1 unspecified atom stereocenters. The quantitative estimate of drug-likeness (QED) is 0.910. The first-order valence-corrected chi connectivity index (χ1v) is 7.96. The highest BCUT2D eigenvalue weighted by atomic mass is 16.1. The molecule has 0 bridgehead atoms. The summed E-state index contributed by atoms with van der Waals surface area (Å²) in [5.41, 5.74) is 8.42. The van der Waals surface area contributed by atoms with Crippen LogP contribution in [-0.2, 0) is 4.79 Å². The van der Waals surface area contributed by atoms with Gasteiger partial charge >= 0.3 is 0 Å². The maximum absolute atomic E-state index is 11.9. The highest BCUT2D eigenvalue weighted by molar-refractivity contribution is 5.96. The van der Waals surface area contributed by atoms with Crippen LogP contribution in [0.1, 0.15) is 36.3 Å². The van der Waals surface area contributed by atoms with Gasteiger partial charge in [-0.05, 0) is 36.1 Å². The molecule has 23 heavy (non-hydrogen) atoms. The number of piperidine rings is 1. The van der Waals surface area contributed by atoms with Gasteiger partial charge in [0.25, 0.3) is 0 Å². The minimum atomic E-state index is -0.439. The second-order valence-electron chi connectivity index (χ2n) is 5.89. The molecule has 2 aromatic carbocycles. The molecule has 1 saturated heterocycles. The number of benzene rings is 2. The number of carbonyl (C=O) groups excluding carboxylic acids is 1. The summed E-state index contributed by atoms with van der Waals surface area (Å²) >= 11 is 0. The van der Waals surface area contributed by atoms with E-state index in [0.717, 1.165) is 42.6 Å². The number of hydrogen-bond donors (Lipinski definition) is 2. The molecule has 0 saturated carbocycles. The summed E-state index contributed by atoms with van der Waals surface area (Å²) in [4.78, 5) is 14.0. The number of amidine groups is 1. The zero-order valence-corrected chi connectivity index (χ0v) is 13.0. The van der Waals surface area contributed by atoms with Crippen molar-refractivity contribution in [2.75, 3.05) is 11.4 Å². The number of nitrogens with zero attached hydrogens (tertiary/aromatic N) is 1. The number of nitrogens with one attached hydrogen (secondary N) is 1. The van der Waals surface area contributed by atoms with Crippen LogP contribution < -0.4 is 10.6 Å². The molecule has 4 nitrogen and oxygen atoms in total. The molecule has 1 amide bonds. The van der Waals surface area contributed by atoms with Gasteiger partial charge in [-0.15, -0.1) is 0 Å². The highest BCUT2D eigenvalue weighted by Crippen LogP contribution is 2.27. The van der Waals surface area contributed by atoms with Gasteiger partial charge in [-0.2, -0.15) is 0 Å². The first-order chi connectivity index (χ1) is 11.2. The van der Waals surface area contributed by atoms with E-state index >= 15 is 0 Å². The van der Waals surface area contributed by atoms with Crippen LogP contribution in [0, 0.1) is 5.41 Å². The number of hydrogen-bond acceptors (Lipinski definition) is 2. The van der Waals surface area contributed by atoms with Gasteiger partial charge in [0, 0.05) is 18.7 Å². The maximum atomic E-state index is 11.9. The van der Waals surface area contributed by atoms with Crippen molar-refractivity contribution in [1.82, 2.24) is 0 Å². The van der Waals surface area contributed by atoms with E-state index in [2.05, 4.69) is 0 Å².